The summed E-state index contributed by atoms with van der Waals surface area (Å²) in [6, 6.07) is 11.7. The van der Waals surface area contributed by atoms with Crippen molar-refractivity contribution in [1.82, 2.24) is 20.5 Å². The molecular formula is C22H32N6O2. The second kappa shape index (κ2) is 11.3. The Labute approximate surface area is 178 Å². The van der Waals surface area contributed by atoms with Crippen LogP contribution in [0.1, 0.15) is 5.56 Å². The molecule has 8 nitrogen and oxygen atoms in total. The van der Waals surface area contributed by atoms with Crippen molar-refractivity contribution in [3.05, 3.63) is 48.2 Å². The van der Waals surface area contributed by atoms with Crippen LogP contribution < -0.4 is 25.0 Å². The Morgan fingerprint density at radius 2 is 1.80 bits per heavy atom. The van der Waals surface area contributed by atoms with Crippen LogP contribution in [0, 0.1) is 0 Å². The SMILES string of the molecule is CN=C(NCCOc1ccc(OC)cc1)NCc1cccnc1N1CCN(C)CC1. The zero-order chi connectivity index (χ0) is 21.2. The van der Waals surface area contributed by atoms with Gasteiger partial charge in [0.2, 0.25) is 0 Å². The van der Waals surface area contributed by atoms with Crippen molar-refractivity contribution in [1.29, 1.82) is 0 Å². The van der Waals surface area contributed by atoms with E-state index in [1.165, 1.54) is 5.56 Å². The number of methoxy groups -OCH3 is 1. The quantitative estimate of drug-likeness (QED) is 0.387. The van der Waals surface area contributed by atoms with Gasteiger partial charge in [0, 0.05) is 51.5 Å². The van der Waals surface area contributed by atoms with Gasteiger partial charge in [-0.3, -0.25) is 4.99 Å². The molecule has 3 rings (SSSR count). The second-order valence-electron chi connectivity index (χ2n) is 7.15. The molecule has 1 fully saturated rings. The third-order valence-electron chi connectivity index (χ3n) is 5.06. The second-order valence-corrected chi connectivity index (χ2v) is 7.15. The minimum absolute atomic E-state index is 0.534. The van der Waals surface area contributed by atoms with Gasteiger partial charge >= 0.3 is 0 Å². The van der Waals surface area contributed by atoms with E-state index in [9.17, 15) is 0 Å². The summed E-state index contributed by atoms with van der Waals surface area (Å²) in [6.45, 7) is 5.94. The minimum Gasteiger partial charge on any atom is -0.497 e. The number of guanidine groups is 1. The topological polar surface area (TPSA) is 74.2 Å². The number of rotatable bonds is 8. The first-order valence-electron chi connectivity index (χ1n) is 10.3. The summed E-state index contributed by atoms with van der Waals surface area (Å²) in [5, 5.41) is 6.66. The van der Waals surface area contributed by atoms with Crippen molar-refractivity contribution >= 4 is 11.8 Å². The van der Waals surface area contributed by atoms with E-state index in [2.05, 4.69) is 43.5 Å². The maximum absolute atomic E-state index is 5.75. The minimum atomic E-state index is 0.534. The fraction of sp³-hybridized carbons (Fsp3) is 0.455. The fourth-order valence-corrected chi connectivity index (χ4v) is 3.28. The Morgan fingerprint density at radius 1 is 1.07 bits per heavy atom. The molecule has 1 aliphatic heterocycles. The van der Waals surface area contributed by atoms with E-state index in [0.29, 0.717) is 19.7 Å². The van der Waals surface area contributed by atoms with Gasteiger partial charge in [0.05, 0.1) is 13.7 Å². The number of pyridine rings is 1. The number of benzene rings is 1. The lowest BCUT2D eigenvalue weighted by molar-refractivity contribution is 0.311. The number of nitrogens with one attached hydrogen (secondary N) is 2. The molecule has 0 radical (unpaired) electrons. The van der Waals surface area contributed by atoms with E-state index in [-0.39, 0.29) is 0 Å². The highest BCUT2D eigenvalue weighted by Crippen LogP contribution is 2.19. The summed E-state index contributed by atoms with van der Waals surface area (Å²) in [5.41, 5.74) is 1.17. The van der Waals surface area contributed by atoms with Gasteiger partial charge in [0.15, 0.2) is 5.96 Å². The van der Waals surface area contributed by atoms with Crippen LogP contribution >= 0.6 is 0 Å². The van der Waals surface area contributed by atoms with E-state index >= 15 is 0 Å². The maximum Gasteiger partial charge on any atom is 0.191 e. The molecular weight excluding hydrogens is 380 g/mol. The number of aromatic nitrogens is 1. The number of nitrogens with zero attached hydrogens (tertiary/aromatic N) is 4. The van der Waals surface area contributed by atoms with E-state index in [1.807, 2.05) is 36.5 Å². The van der Waals surface area contributed by atoms with Crippen molar-refractivity contribution in [2.24, 2.45) is 4.99 Å². The predicted molar refractivity (Wildman–Crippen MR) is 121 cm³/mol. The lowest BCUT2D eigenvalue weighted by Gasteiger charge is -2.34. The molecule has 2 heterocycles. The average Bonchev–Trinajstić information content (AvgIpc) is 2.80. The number of hydrogen-bond acceptors (Lipinski definition) is 6. The number of ether oxygens (including phenoxy) is 2. The van der Waals surface area contributed by atoms with Crippen molar-refractivity contribution in [2.75, 3.05) is 65.4 Å². The molecule has 0 aliphatic carbocycles. The Balaban J connectivity index is 1.45. The zero-order valence-corrected chi connectivity index (χ0v) is 18.1. The molecule has 0 spiro atoms. The third-order valence-corrected chi connectivity index (χ3v) is 5.06. The van der Waals surface area contributed by atoms with Crippen LogP contribution in [0.4, 0.5) is 5.82 Å². The normalized spacial score (nSPS) is 15.0. The van der Waals surface area contributed by atoms with Gasteiger partial charge in [0.1, 0.15) is 23.9 Å². The van der Waals surface area contributed by atoms with Crippen molar-refractivity contribution in [2.45, 2.75) is 6.54 Å². The molecule has 0 amide bonds. The zero-order valence-electron chi connectivity index (χ0n) is 18.1. The first kappa shape index (κ1) is 21.7. The predicted octanol–water partition coefficient (Wildman–Crippen LogP) is 1.59. The number of aliphatic imine (C=N–C) groups is 1. The summed E-state index contributed by atoms with van der Waals surface area (Å²) < 4.78 is 10.9. The van der Waals surface area contributed by atoms with Crippen LogP contribution in [-0.2, 0) is 6.54 Å². The van der Waals surface area contributed by atoms with Crippen molar-refractivity contribution in [3.8, 4) is 11.5 Å². The van der Waals surface area contributed by atoms with Gasteiger partial charge in [-0.05, 0) is 37.4 Å². The van der Waals surface area contributed by atoms with Gasteiger partial charge in [0.25, 0.3) is 0 Å². The summed E-state index contributed by atoms with van der Waals surface area (Å²) >= 11 is 0. The molecule has 162 valence electrons. The van der Waals surface area contributed by atoms with Gasteiger partial charge in [-0.15, -0.1) is 0 Å². The van der Waals surface area contributed by atoms with Crippen LogP contribution in [0.5, 0.6) is 11.5 Å². The lowest BCUT2D eigenvalue weighted by atomic mass is 10.2. The number of piperazine rings is 1. The highest BCUT2D eigenvalue weighted by atomic mass is 16.5. The van der Waals surface area contributed by atoms with Crippen LogP contribution in [0.15, 0.2) is 47.6 Å². The smallest absolute Gasteiger partial charge is 0.191 e. The highest BCUT2D eigenvalue weighted by Gasteiger charge is 2.17. The molecule has 0 bridgehead atoms. The number of likely N-dealkylation sites (N-methyl/N-ethyl adjacent to an activating group) is 1. The van der Waals surface area contributed by atoms with Crippen LogP contribution in [0.3, 0.4) is 0 Å². The highest BCUT2D eigenvalue weighted by molar-refractivity contribution is 5.79. The number of hydrogen-bond donors (Lipinski definition) is 2. The van der Waals surface area contributed by atoms with Gasteiger partial charge in [-0.2, -0.15) is 0 Å². The van der Waals surface area contributed by atoms with E-state index < -0.39 is 0 Å². The van der Waals surface area contributed by atoms with Crippen LogP contribution in [0.2, 0.25) is 0 Å². The third kappa shape index (κ3) is 6.25. The first-order chi connectivity index (χ1) is 14.7. The van der Waals surface area contributed by atoms with Crippen LogP contribution in [-0.4, -0.2) is 76.4 Å². The van der Waals surface area contributed by atoms with Crippen molar-refractivity contribution < 1.29 is 9.47 Å². The summed E-state index contributed by atoms with van der Waals surface area (Å²) in [5.74, 6) is 3.42. The Bertz CT molecular complexity index is 804. The molecule has 0 saturated carbocycles. The van der Waals surface area contributed by atoms with E-state index in [4.69, 9.17) is 9.47 Å². The molecule has 8 heteroatoms. The van der Waals surface area contributed by atoms with Gasteiger partial charge < -0.3 is 29.9 Å². The summed E-state index contributed by atoms with van der Waals surface area (Å²) in [7, 11) is 5.58. The maximum atomic E-state index is 5.75. The Kier molecular flexibility index (Phi) is 8.14. The lowest BCUT2D eigenvalue weighted by Crippen LogP contribution is -2.45. The van der Waals surface area contributed by atoms with Crippen LogP contribution in [0.25, 0.3) is 0 Å². The Hall–Kier alpha value is -3.00. The molecule has 1 aromatic heterocycles. The summed E-state index contributed by atoms with van der Waals surface area (Å²) in [6.07, 6.45) is 1.86. The molecule has 0 atom stereocenters. The van der Waals surface area contributed by atoms with Gasteiger partial charge in [-0.25, -0.2) is 4.98 Å². The fourth-order valence-electron chi connectivity index (χ4n) is 3.28. The molecule has 2 N–H and O–H groups in total. The molecule has 30 heavy (non-hydrogen) atoms. The monoisotopic (exact) mass is 412 g/mol. The van der Waals surface area contributed by atoms with E-state index in [1.54, 1.807) is 14.2 Å². The Morgan fingerprint density at radius 3 is 2.50 bits per heavy atom. The summed E-state index contributed by atoms with van der Waals surface area (Å²) in [4.78, 5) is 13.6. The molecule has 1 aromatic carbocycles. The van der Waals surface area contributed by atoms with Crippen molar-refractivity contribution in [3.63, 3.8) is 0 Å². The molecule has 1 aliphatic rings. The molecule has 0 unspecified atom stereocenters. The van der Waals surface area contributed by atoms with Gasteiger partial charge in [-0.1, -0.05) is 6.07 Å². The standard InChI is InChI=1S/C22H32N6O2/c1-23-22(25-11-16-30-20-8-6-19(29-3)7-9-20)26-17-18-5-4-10-24-21(18)28-14-12-27(2)13-15-28/h4-10H,11-17H2,1-3H3,(H2,23,25,26). The molecule has 2 aromatic rings. The first-order valence-corrected chi connectivity index (χ1v) is 10.3. The average molecular weight is 413 g/mol. The molecule has 1 saturated heterocycles. The number of anilines is 1. The van der Waals surface area contributed by atoms with E-state index in [0.717, 1.165) is 49.5 Å². The largest absolute Gasteiger partial charge is 0.497 e.